The van der Waals surface area contributed by atoms with E-state index in [0.29, 0.717) is 5.57 Å². The van der Waals surface area contributed by atoms with Crippen molar-refractivity contribution in [2.75, 3.05) is 6.61 Å². The van der Waals surface area contributed by atoms with E-state index in [2.05, 4.69) is 4.18 Å². The Morgan fingerprint density at radius 3 is 2.42 bits per heavy atom. The Labute approximate surface area is 180 Å². The van der Waals surface area contributed by atoms with Crippen LogP contribution in [-0.4, -0.2) is 88.2 Å². The Kier molecular flexibility index (Phi) is 7.84. The van der Waals surface area contributed by atoms with E-state index in [0.717, 1.165) is 0 Å². The van der Waals surface area contributed by atoms with Crippen LogP contribution in [0.1, 0.15) is 34.1 Å². The summed E-state index contributed by atoms with van der Waals surface area (Å²) in [7, 11) is -4.81. The summed E-state index contributed by atoms with van der Waals surface area (Å²) in [6.45, 7) is 5.89. The summed E-state index contributed by atoms with van der Waals surface area (Å²) in [6.07, 6.45) is -4.26. The van der Waals surface area contributed by atoms with Crippen molar-refractivity contribution in [3.8, 4) is 0 Å². The lowest BCUT2D eigenvalue weighted by Crippen LogP contribution is -2.59. The van der Waals surface area contributed by atoms with Crippen LogP contribution in [0, 0.1) is 5.41 Å². The second-order valence-electron chi connectivity index (χ2n) is 8.55. The number of aliphatic hydroxyl groups excluding tert-OH is 3. The summed E-state index contributed by atoms with van der Waals surface area (Å²) in [6, 6.07) is 0. The lowest BCUT2D eigenvalue weighted by molar-refractivity contribution is -0.305. The van der Waals surface area contributed by atoms with Gasteiger partial charge >= 0.3 is 10.4 Å². The van der Waals surface area contributed by atoms with Crippen molar-refractivity contribution in [1.82, 2.24) is 0 Å². The van der Waals surface area contributed by atoms with Crippen LogP contribution in [0.2, 0.25) is 0 Å². The monoisotopic (exact) mass is 466 g/mol. The largest absolute Gasteiger partial charge is 0.397 e. The highest BCUT2D eigenvalue weighted by Crippen LogP contribution is 2.44. The van der Waals surface area contributed by atoms with E-state index in [4.69, 9.17) is 14.0 Å². The predicted octanol–water partition coefficient (Wildman–Crippen LogP) is -0.749. The average molecular weight is 467 g/mol. The third-order valence-electron chi connectivity index (χ3n) is 5.63. The van der Waals surface area contributed by atoms with Crippen LogP contribution in [0.25, 0.3) is 0 Å². The summed E-state index contributed by atoms with van der Waals surface area (Å²) in [5.74, 6) is -0.0886. The molecule has 0 amide bonds. The topological polar surface area (TPSA) is 180 Å². The van der Waals surface area contributed by atoms with E-state index >= 15 is 0 Å². The molecule has 1 fully saturated rings. The minimum Gasteiger partial charge on any atom is -0.387 e. The van der Waals surface area contributed by atoms with Crippen LogP contribution in [0.3, 0.4) is 0 Å². The van der Waals surface area contributed by atoms with Crippen LogP contribution in [0.4, 0.5) is 0 Å². The Bertz CT molecular complexity index is 834. The molecule has 0 bridgehead atoms. The lowest BCUT2D eigenvalue weighted by Gasteiger charge is -2.44. The molecule has 1 saturated heterocycles. The third-order valence-corrected chi connectivity index (χ3v) is 6.07. The average Bonchev–Trinajstić information content (AvgIpc) is 2.63. The van der Waals surface area contributed by atoms with E-state index in [-0.39, 0.29) is 12.2 Å². The molecule has 1 aliphatic carbocycles. The molecule has 0 radical (unpaired) electrons. The molecule has 31 heavy (non-hydrogen) atoms. The van der Waals surface area contributed by atoms with Gasteiger partial charge in [0.2, 0.25) is 0 Å². The molecule has 0 spiro atoms. The standard InChI is InChI=1S/C19H30O11S/c1-10-7-12(20)8-18(3,4)19(10,24)6-5-11(2)29-17-16(23)15(22)14(21)13(30-17)9-28-31(25,26)27/h5-7,11,13-17,21-24H,8-9H2,1-4H3,(H,25,26,27)/t11-,13+,14+,15-,16+,17+,19+/m0/s1. The zero-order valence-electron chi connectivity index (χ0n) is 17.7. The van der Waals surface area contributed by atoms with Gasteiger partial charge < -0.3 is 29.9 Å². The molecular formula is C19H30O11S. The zero-order valence-corrected chi connectivity index (χ0v) is 18.5. The SMILES string of the molecule is CC1=CC(=O)CC(C)(C)[C@@]1(O)C=C[C@H](C)O[C@@H]1O[C@H](COS(=O)(=O)O)[C@@H](O)[C@H](O)[C@H]1O. The molecule has 12 heteroatoms. The van der Waals surface area contributed by atoms with Gasteiger partial charge in [-0.3, -0.25) is 9.35 Å². The Hall–Kier alpha value is -1.22. The number of rotatable bonds is 7. The predicted molar refractivity (Wildman–Crippen MR) is 106 cm³/mol. The molecule has 0 aromatic carbocycles. The highest BCUT2D eigenvalue weighted by atomic mass is 32.3. The first-order valence-corrected chi connectivity index (χ1v) is 11.0. The van der Waals surface area contributed by atoms with Gasteiger partial charge in [0.1, 0.15) is 30.0 Å². The summed E-state index contributed by atoms with van der Waals surface area (Å²) in [5, 5.41) is 41.2. The molecule has 7 atom stereocenters. The Balaban J connectivity index is 2.11. The van der Waals surface area contributed by atoms with E-state index in [1.54, 1.807) is 27.7 Å². The third kappa shape index (κ3) is 5.97. The second-order valence-corrected chi connectivity index (χ2v) is 9.64. The Morgan fingerprint density at radius 1 is 1.26 bits per heavy atom. The first-order valence-electron chi connectivity index (χ1n) is 9.68. The van der Waals surface area contributed by atoms with Crippen LogP contribution in [-0.2, 0) is 28.9 Å². The number of hydrogen-bond acceptors (Lipinski definition) is 10. The van der Waals surface area contributed by atoms with Gasteiger partial charge in [-0.25, -0.2) is 4.18 Å². The summed E-state index contributed by atoms with van der Waals surface area (Å²) in [4.78, 5) is 11.8. The van der Waals surface area contributed by atoms with Crippen LogP contribution in [0.15, 0.2) is 23.8 Å². The highest BCUT2D eigenvalue weighted by molar-refractivity contribution is 7.80. The zero-order chi connectivity index (χ0) is 23.8. The van der Waals surface area contributed by atoms with Gasteiger partial charge in [0.25, 0.3) is 0 Å². The lowest BCUT2D eigenvalue weighted by atomic mass is 9.64. The smallest absolute Gasteiger partial charge is 0.387 e. The van der Waals surface area contributed by atoms with E-state index in [1.165, 1.54) is 18.2 Å². The number of carbonyl (C=O) groups excluding carboxylic acids is 1. The molecule has 0 saturated carbocycles. The highest BCUT2D eigenvalue weighted by Gasteiger charge is 2.47. The van der Waals surface area contributed by atoms with E-state index < -0.39 is 64.8 Å². The van der Waals surface area contributed by atoms with Crippen molar-refractivity contribution < 1.29 is 51.8 Å². The molecule has 0 aromatic heterocycles. The van der Waals surface area contributed by atoms with Crippen LogP contribution >= 0.6 is 0 Å². The Morgan fingerprint density at radius 2 is 1.87 bits per heavy atom. The normalized spacial score (nSPS) is 37.6. The maximum Gasteiger partial charge on any atom is 0.397 e. The molecule has 2 aliphatic rings. The fraction of sp³-hybridized carbons (Fsp3) is 0.737. The van der Waals surface area contributed by atoms with Gasteiger partial charge in [-0.1, -0.05) is 19.9 Å². The number of carbonyl (C=O) groups is 1. The maximum atomic E-state index is 11.8. The molecule has 2 rings (SSSR count). The molecule has 11 nitrogen and oxygen atoms in total. The van der Waals surface area contributed by atoms with Crippen molar-refractivity contribution >= 4 is 16.2 Å². The molecule has 1 aliphatic heterocycles. The summed E-state index contributed by atoms with van der Waals surface area (Å²) >= 11 is 0. The number of allylic oxidation sites excluding steroid dienone is 1. The molecule has 5 N–H and O–H groups in total. The van der Waals surface area contributed by atoms with Gasteiger partial charge in [0.15, 0.2) is 12.1 Å². The van der Waals surface area contributed by atoms with E-state index in [1.807, 2.05) is 0 Å². The van der Waals surface area contributed by atoms with Gasteiger partial charge in [-0.15, -0.1) is 0 Å². The van der Waals surface area contributed by atoms with Crippen LogP contribution < -0.4 is 0 Å². The molecule has 0 unspecified atom stereocenters. The van der Waals surface area contributed by atoms with E-state index in [9.17, 15) is 33.6 Å². The van der Waals surface area contributed by atoms with Gasteiger partial charge in [0.05, 0.1) is 12.7 Å². The maximum absolute atomic E-state index is 11.8. The molecule has 1 heterocycles. The number of ether oxygens (including phenoxy) is 2. The second kappa shape index (κ2) is 9.33. The van der Waals surface area contributed by atoms with Gasteiger partial charge in [0, 0.05) is 11.8 Å². The molecular weight excluding hydrogens is 436 g/mol. The van der Waals surface area contributed by atoms with Crippen LogP contribution in [0.5, 0.6) is 0 Å². The minimum absolute atomic E-state index is 0.0886. The van der Waals surface area contributed by atoms with Crippen molar-refractivity contribution in [2.45, 2.75) is 76.5 Å². The van der Waals surface area contributed by atoms with Gasteiger partial charge in [-0.2, -0.15) is 8.42 Å². The number of aliphatic hydroxyl groups is 4. The minimum atomic E-state index is -4.81. The number of ketones is 1. The summed E-state index contributed by atoms with van der Waals surface area (Å²) in [5.41, 5.74) is -1.74. The summed E-state index contributed by atoms with van der Waals surface area (Å²) < 4.78 is 45.2. The fourth-order valence-corrected chi connectivity index (χ4v) is 4.02. The molecule has 0 aromatic rings. The van der Waals surface area contributed by atoms with Crippen molar-refractivity contribution in [3.63, 3.8) is 0 Å². The van der Waals surface area contributed by atoms with Crippen molar-refractivity contribution in [2.24, 2.45) is 5.41 Å². The van der Waals surface area contributed by atoms with Crippen molar-refractivity contribution in [1.29, 1.82) is 0 Å². The first kappa shape index (κ1) is 26.0. The van der Waals surface area contributed by atoms with Gasteiger partial charge in [-0.05, 0) is 31.6 Å². The first-order chi connectivity index (χ1) is 14.1. The fourth-order valence-electron chi connectivity index (χ4n) is 3.72. The molecule has 178 valence electrons. The number of hydrogen-bond donors (Lipinski definition) is 5. The quantitative estimate of drug-likeness (QED) is 0.235. The van der Waals surface area contributed by atoms with Crippen molar-refractivity contribution in [3.05, 3.63) is 23.8 Å².